The molecule has 0 amide bonds. The molecule has 0 saturated heterocycles. The van der Waals surface area contributed by atoms with Gasteiger partial charge in [-0.3, -0.25) is 4.79 Å². The fourth-order valence-corrected chi connectivity index (χ4v) is 1.06. The monoisotopic (exact) mass is 199 g/mol. The van der Waals surface area contributed by atoms with Crippen molar-refractivity contribution >= 4 is 5.78 Å². The second kappa shape index (κ2) is 4.06. The van der Waals surface area contributed by atoms with Crippen LogP contribution in [0.3, 0.4) is 0 Å². The summed E-state index contributed by atoms with van der Waals surface area (Å²) in [4.78, 5) is 11.1. The minimum absolute atomic E-state index is 0.147. The van der Waals surface area contributed by atoms with Crippen LogP contribution in [0.2, 0.25) is 0 Å². The van der Waals surface area contributed by atoms with Crippen LogP contribution in [0.25, 0.3) is 0 Å². The first kappa shape index (κ1) is 10.5. The summed E-state index contributed by atoms with van der Waals surface area (Å²) in [6, 6.07) is 2.18. The first-order chi connectivity index (χ1) is 6.60. The SMILES string of the molecule is COc1cc(O)c(C(=O)CN)c(F)c1. The summed E-state index contributed by atoms with van der Waals surface area (Å²) in [7, 11) is 1.33. The van der Waals surface area contributed by atoms with Crippen molar-refractivity contribution in [3.05, 3.63) is 23.5 Å². The summed E-state index contributed by atoms with van der Waals surface area (Å²) in [5.41, 5.74) is 4.66. The molecule has 4 nitrogen and oxygen atoms in total. The zero-order valence-corrected chi connectivity index (χ0v) is 7.58. The van der Waals surface area contributed by atoms with Gasteiger partial charge in [-0.1, -0.05) is 0 Å². The second-order valence-corrected chi connectivity index (χ2v) is 2.63. The molecule has 0 fully saturated rings. The maximum Gasteiger partial charge on any atom is 0.183 e. The maximum absolute atomic E-state index is 13.2. The van der Waals surface area contributed by atoms with Gasteiger partial charge in [0.2, 0.25) is 0 Å². The highest BCUT2D eigenvalue weighted by Gasteiger charge is 2.16. The Balaban J connectivity index is 3.25. The zero-order chi connectivity index (χ0) is 10.7. The van der Waals surface area contributed by atoms with Crippen molar-refractivity contribution in [3.8, 4) is 11.5 Å². The summed E-state index contributed by atoms with van der Waals surface area (Å²) in [6.07, 6.45) is 0. The molecule has 0 aromatic heterocycles. The number of hydrogen-bond acceptors (Lipinski definition) is 4. The summed E-state index contributed by atoms with van der Waals surface area (Å²) >= 11 is 0. The van der Waals surface area contributed by atoms with E-state index in [9.17, 15) is 14.3 Å². The van der Waals surface area contributed by atoms with Crippen LogP contribution in [0.4, 0.5) is 4.39 Å². The highest BCUT2D eigenvalue weighted by molar-refractivity contribution is 6.00. The van der Waals surface area contributed by atoms with Crippen LogP contribution in [-0.2, 0) is 0 Å². The Kier molecular flexibility index (Phi) is 3.03. The summed E-state index contributed by atoms with van der Waals surface area (Å²) in [5.74, 6) is -1.80. The van der Waals surface area contributed by atoms with Gasteiger partial charge in [-0.05, 0) is 0 Å². The molecule has 0 aliphatic heterocycles. The number of aromatic hydroxyl groups is 1. The van der Waals surface area contributed by atoms with Gasteiger partial charge in [0, 0.05) is 12.1 Å². The average Bonchev–Trinajstić information content (AvgIpc) is 2.16. The molecule has 0 heterocycles. The molecule has 0 unspecified atom stereocenters. The number of nitrogens with two attached hydrogens (primary N) is 1. The lowest BCUT2D eigenvalue weighted by Gasteiger charge is -2.06. The predicted molar refractivity (Wildman–Crippen MR) is 48.0 cm³/mol. The first-order valence-corrected chi connectivity index (χ1v) is 3.90. The van der Waals surface area contributed by atoms with Crippen LogP contribution in [-0.4, -0.2) is 24.5 Å². The lowest BCUT2D eigenvalue weighted by Crippen LogP contribution is -2.15. The molecule has 0 bridgehead atoms. The predicted octanol–water partition coefficient (Wildman–Crippen LogP) is 0.681. The standard InChI is InChI=1S/C9H10FNO3/c1-14-5-2-6(10)9(7(12)3-5)8(13)4-11/h2-3,12H,4,11H2,1H3. The fraction of sp³-hybridized carbons (Fsp3) is 0.222. The van der Waals surface area contributed by atoms with Crippen molar-refractivity contribution in [1.29, 1.82) is 0 Å². The summed E-state index contributed by atoms with van der Waals surface area (Å²) in [5, 5.41) is 9.31. The third kappa shape index (κ3) is 1.82. The third-order valence-corrected chi connectivity index (χ3v) is 1.74. The molecule has 0 radical (unpaired) electrons. The number of phenols is 1. The Morgan fingerprint density at radius 3 is 2.71 bits per heavy atom. The van der Waals surface area contributed by atoms with Gasteiger partial charge in [0.05, 0.1) is 19.2 Å². The van der Waals surface area contributed by atoms with Crippen molar-refractivity contribution in [1.82, 2.24) is 0 Å². The molecular weight excluding hydrogens is 189 g/mol. The average molecular weight is 199 g/mol. The number of phenolic OH excluding ortho intramolecular Hbond substituents is 1. The van der Waals surface area contributed by atoms with E-state index in [1.165, 1.54) is 7.11 Å². The number of benzene rings is 1. The van der Waals surface area contributed by atoms with Crippen molar-refractivity contribution in [2.24, 2.45) is 5.73 Å². The third-order valence-electron chi connectivity index (χ3n) is 1.74. The quantitative estimate of drug-likeness (QED) is 0.702. The van der Waals surface area contributed by atoms with Gasteiger partial charge in [0.15, 0.2) is 5.78 Å². The molecule has 0 aliphatic rings. The molecule has 1 rings (SSSR count). The Bertz CT molecular complexity index is 342. The number of rotatable bonds is 3. The van der Waals surface area contributed by atoms with Gasteiger partial charge in [0.25, 0.3) is 0 Å². The topological polar surface area (TPSA) is 72.5 Å². The highest BCUT2D eigenvalue weighted by atomic mass is 19.1. The van der Waals surface area contributed by atoms with Crippen molar-refractivity contribution in [3.63, 3.8) is 0 Å². The van der Waals surface area contributed by atoms with E-state index in [2.05, 4.69) is 0 Å². The fourth-order valence-electron chi connectivity index (χ4n) is 1.06. The Hall–Kier alpha value is -1.62. The number of halogens is 1. The maximum atomic E-state index is 13.2. The van der Waals surface area contributed by atoms with Crippen LogP contribution in [0.5, 0.6) is 11.5 Å². The molecule has 0 atom stereocenters. The number of ketones is 1. The lowest BCUT2D eigenvalue weighted by atomic mass is 10.1. The van der Waals surface area contributed by atoms with Crippen molar-refractivity contribution < 1.29 is 19.0 Å². The minimum atomic E-state index is -0.836. The van der Waals surface area contributed by atoms with Crippen molar-refractivity contribution in [2.75, 3.05) is 13.7 Å². The van der Waals surface area contributed by atoms with Crippen LogP contribution < -0.4 is 10.5 Å². The number of carbonyl (C=O) groups is 1. The first-order valence-electron chi connectivity index (χ1n) is 3.90. The normalized spacial score (nSPS) is 9.93. The number of hydrogen-bond donors (Lipinski definition) is 2. The lowest BCUT2D eigenvalue weighted by molar-refractivity contribution is 0.0994. The van der Waals surface area contributed by atoms with E-state index in [0.29, 0.717) is 0 Å². The minimum Gasteiger partial charge on any atom is -0.507 e. The van der Waals surface area contributed by atoms with E-state index in [4.69, 9.17) is 10.5 Å². The number of Topliss-reactive ketones (excluding diaryl/α,β-unsaturated/α-hetero) is 1. The molecule has 1 aromatic carbocycles. The highest BCUT2D eigenvalue weighted by Crippen LogP contribution is 2.26. The number of carbonyl (C=O) groups excluding carboxylic acids is 1. The van der Waals surface area contributed by atoms with Gasteiger partial charge in [-0.25, -0.2) is 4.39 Å². The van der Waals surface area contributed by atoms with Gasteiger partial charge >= 0.3 is 0 Å². The molecule has 5 heteroatoms. The van der Waals surface area contributed by atoms with E-state index in [-0.39, 0.29) is 12.3 Å². The molecule has 1 aromatic rings. The summed E-state index contributed by atoms with van der Waals surface area (Å²) in [6.45, 7) is -0.350. The van der Waals surface area contributed by atoms with Crippen LogP contribution >= 0.6 is 0 Å². The largest absolute Gasteiger partial charge is 0.507 e. The summed E-state index contributed by atoms with van der Waals surface area (Å²) < 4.78 is 17.9. The van der Waals surface area contributed by atoms with E-state index >= 15 is 0 Å². The Morgan fingerprint density at radius 1 is 1.64 bits per heavy atom. The van der Waals surface area contributed by atoms with Crippen molar-refractivity contribution in [2.45, 2.75) is 0 Å². The molecular formula is C9H10FNO3. The smallest absolute Gasteiger partial charge is 0.183 e. The van der Waals surface area contributed by atoms with Gasteiger partial charge in [-0.2, -0.15) is 0 Å². The van der Waals surface area contributed by atoms with E-state index in [0.717, 1.165) is 12.1 Å². The second-order valence-electron chi connectivity index (χ2n) is 2.63. The molecule has 0 saturated carbocycles. The Labute approximate surface area is 80.1 Å². The van der Waals surface area contributed by atoms with Gasteiger partial charge in [-0.15, -0.1) is 0 Å². The molecule has 76 valence electrons. The zero-order valence-electron chi connectivity index (χ0n) is 7.58. The number of methoxy groups -OCH3 is 1. The van der Waals surface area contributed by atoms with E-state index < -0.39 is 22.9 Å². The van der Waals surface area contributed by atoms with E-state index in [1.807, 2.05) is 0 Å². The molecule has 0 spiro atoms. The van der Waals surface area contributed by atoms with Crippen LogP contribution in [0.1, 0.15) is 10.4 Å². The molecule has 3 N–H and O–H groups in total. The molecule has 14 heavy (non-hydrogen) atoms. The van der Waals surface area contributed by atoms with Crippen LogP contribution in [0, 0.1) is 5.82 Å². The number of ether oxygens (including phenoxy) is 1. The van der Waals surface area contributed by atoms with E-state index in [1.54, 1.807) is 0 Å². The molecule has 0 aliphatic carbocycles. The van der Waals surface area contributed by atoms with Gasteiger partial charge in [0.1, 0.15) is 17.3 Å². The Morgan fingerprint density at radius 2 is 2.29 bits per heavy atom. The van der Waals surface area contributed by atoms with Crippen LogP contribution in [0.15, 0.2) is 12.1 Å². The van der Waals surface area contributed by atoms with Gasteiger partial charge < -0.3 is 15.6 Å².